The van der Waals surface area contributed by atoms with Gasteiger partial charge in [0.1, 0.15) is 11.7 Å². The average Bonchev–Trinajstić information content (AvgIpc) is 2.62. The standard InChI is InChI=1S/C21H21NO3/c1-15-7-9-17(10-8-15)20(24)13-18-19(23)11-12-22(21(18)25)14-16-5-3-2-4-6-16/h2-10,18H,11-14H2,1H3. The van der Waals surface area contributed by atoms with E-state index < -0.39 is 5.92 Å². The Morgan fingerprint density at radius 3 is 2.40 bits per heavy atom. The van der Waals surface area contributed by atoms with Crippen molar-refractivity contribution in [1.82, 2.24) is 4.90 Å². The molecule has 0 saturated carbocycles. The first-order valence-electron chi connectivity index (χ1n) is 8.50. The van der Waals surface area contributed by atoms with Gasteiger partial charge in [-0.1, -0.05) is 60.2 Å². The molecule has 0 bridgehead atoms. The highest BCUT2D eigenvalue weighted by molar-refractivity contribution is 6.08. The monoisotopic (exact) mass is 335 g/mol. The van der Waals surface area contributed by atoms with E-state index in [0.29, 0.717) is 25.1 Å². The molecule has 2 aromatic rings. The molecule has 4 heteroatoms. The SMILES string of the molecule is Cc1ccc(C(=O)CC2C(=O)CCN(Cc3ccccc3)C2=O)cc1. The van der Waals surface area contributed by atoms with E-state index in [0.717, 1.165) is 11.1 Å². The molecule has 1 aliphatic heterocycles. The van der Waals surface area contributed by atoms with Crippen molar-refractivity contribution in [3.63, 3.8) is 0 Å². The number of hydrogen-bond donors (Lipinski definition) is 0. The van der Waals surface area contributed by atoms with Crippen LogP contribution in [0.4, 0.5) is 0 Å². The summed E-state index contributed by atoms with van der Waals surface area (Å²) in [6.07, 6.45) is 0.260. The lowest BCUT2D eigenvalue weighted by atomic mass is 9.88. The summed E-state index contributed by atoms with van der Waals surface area (Å²) < 4.78 is 0. The lowest BCUT2D eigenvalue weighted by Gasteiger charge is -2.31. The van der Waals surface area contributed by atoms with E-state index in [4.69, 9.17) is 0 Å². The number of nitrogens with zero attached hydrogens (tertiary/aromatic N) is 1. The van der Waals surface area contributed by atoms with Gasteiger partial charge in [0.2, 0.25) is 5.91 Å². The van der Waals surface area contributed by atoms with Gasteiger partial charge in [-0.2, -0.15) is 0 Å². The fourth-order valence-electron chi connectivity index (χ4n) is 3.09. The summed E-state index contributed by atoms with van der Waals surface area (Å²) in [7, 11) is 0. The number of rotatable bonds is 5. The summed E-state index contributed by atoms with van der Waals surface area (Å²) in [6.45, 7) is 2.84. The van der Waals surface area contributed by atoms with Crippen molar-refractivity contribution in [2.24, 2.45) is 5.92 Å². The van der Waals surface area contributed by atoms with Crippen molar-refractivity contribution in [2.45, 2.75) is 26.3 Å². The van der Waals surface area contributed by atoms with Crippen molar-refractivity contribution in [3.8, 4) is 0 Å². The molecule has 1 fully saturated rings. The van der Waals surface area contributed by atoms with E-state index in [-0.39, 0.29) is 23.9 Å². The van der Waals surface area contributed by atoms with Gasteiger partial charge in [-0.3, -0.25) is 14.4 Å². The molecule has 0 aliphatic carbocycles. The molecule has 1 atom stereocenters. The lowest BCUT2D eigenvalue weighted by molar-refractivity contribution is -0.146. The highest BCUT2D eigenvalue weighted by Gasteiger charge is 2.36. The minimum absolute atomic E-state index is 0.0496. The largest absolute Gasteiger partial charge is 0.337 e. The minimum atomic E-state index is -0.855. The molecule has 0 spiro atoms. The maximum atomic E-state index is 12.7. The topological polar surface area (TPSA) is 54.5 Å². The summed E-state index contributed by atoms with van der Waals surface area (Å²) >= 11 is 0. The number of piperidine rings is 1. The highest BCUT2D eigenvalue weighted by Crippen LogP contribution is 2.22. The predicted molar refractivity (Wildman–Crippen MR) is 95.1 cm³/mol. The van der Waals surface area contributed by atoms with Crippen molar-refractivity contribution >= 4 is 17.5 Å². The zero-order chi connectivity index (χ0) is 17.8. The van der Waals surface area contributed by atoms with Crippen LogP contribution in [0.2, 0.25) is 0 Å². The lowest BCUT2D eigenvalue weighted by Crippen LogP contribution is -2.46. The molecule has 0 aromatic heterocycles. The summed E-state index contributed by atoms with van der Waals surface area (Å²) in [6, 6.07) is 16.9. The molecule has 128 valence electrons. The van der Waals surface area contributed by atoms with Gasteiger partial charge < -0.3 is 4.90 Å². The van der Waals surface area contributed by atoms with Gasteiger partial charge in [-0.15, -0.1) is 0 Å². The van der Waals surface area contributed by atoms with Gasteiger partial charge in [0.05, 0.1) is 0 Å². The molecule has 1 unspecified atom stereocenters. The van der Waals surface area contributed by atoms with Crippen LogP contribution >= 0.6 is 0 Å². The Bertz CT molecular complexity index is 781. The molecule has 25 heavy (non-hydrogen) atoms. The summed E-state index contributed by atoms with van der Waals surface area (Å²) in [5, 5.41) is 0. The van der Waals surface area contributed by atoms with E-state index in [1.165, 1.54) is 0 Å². The molecule has 2 aromatic carbocycles. The predicted octanol–water partition coefficient (Wildman–Crippen LogP) is 3.19. The van der Waals surface area contributed by atoms with Crippen molar-refractivity contribution in [3.05, 3.63) is 71.3 Å². The number of carbonyl (C=O) groups is 3. The zero-order valence-corrected chi connectivity index (χ0v) is 14.3. The smallest absolute Gasteiger partial charge is 0.233 e. The third kappa shape index (κ3) is 4.02. The molecule has 3 rings (SSSR count). The number of Topliss-reactive ketones (excluding diaryl/α,β-unsaturated/α-hetero) is 2. The van der Waals surface area contributed by atoms with Crippen LogP contribution in [-0.2, 0) is 16.1 Å². The second kappa shape index (κ2) is 7.43. The normalized spacial score (nSPS) is 17.6. The second-order valence-corrected chi connectivity index (χ2v) is 6.51. The Hall–Kier alpha value is -2.75. The number of benzene rings is 2. The third-order valence-corrected chi connectivity index (χ3v) is 4.61. The zero-order valence-electron chi connectivity index (χ0n) is 14.3. The van der Waals surface area contributed by atoms with E-state index in [1.807, 2.05) is 49.4 Å². The molecule has 1 aliphatic rings. The van der Waals surface area contributed by atoms with Crippen LogP contribution in [-0.4, -0.2) is 28.9 Å². The Morgan fingerprint density at radius 2 is 1.72 bits per heavy atom. The second-order valence-electron chi connectivity index (χ2n) is 6.51. The molecular formula is C21H21NO3. The van der Waals surface area contributed by atoms with Gasteiger partial charge in [-0.25, -0.2) is 0 Å². The number of ketones is 2. The number of hydrogen-bond acceptors (Lipinski definition) is 3. The quantitative estimate of drug-likeness (QED) is 0.623. The minimum Gasteiger partial charge on any atom is -0.337 e. The van der Waals surface area contributed by atoms with Crippen LogP contribution in [0.15, 0.2) is 54.6 Å². The van der Waals surface area contributed by atoms with Crippen LogP contribution in [0.25, 0.3) is 0 Å². The first-order chi connectivity index (χ1) is 12.0. The highest BCUT2D eigenvalue weighted by atomic mass is 16.2. The fourth-order valence-corrected chi connectivity index (χ4v) is 3.09. The number of likely N-dealkylation sites (tertiary alicyclic amines) is 1. The van der Waals surface area contributed by atoms with Crippen molar-refractivity contribution < 1.29 is 14.4 Å². The van der Waals surface area contributed by atoms with Gasteiger partial charge in [-0.05, 0) is 12.5 Å². The van der Waals surface area contributed by atoms with E-state index in [9.17, 15) is 14.4 Å². The van der Waals surface area contributed by atoms with Crippen LogP contribution in [0.1, 0.15) is 34.3 Å². The number of carbonyl (C=O) groups excluding carboxylic acids is 3. The third-order valence-electron chi connectivity index (χ3n) is 4.61. The summed E-state index contributed by atoms with van der Waals surface area (Å²) in [5.74, 6) is -1.38. The Labute approximate surface area is 147 Å². The van der Waals surface area contributed by atoms with Gasteiger partial charge in [0.25, 0.3) is 0 Å². The Kier molecular flexibility index (Phi) is 5.08. The maximum absolute atomic E-state index is 12.7. The molecule has 4 nitrogen and oxygen atoms in total. The summed E-state index contributed by atoms with van der Waals surface area (Å²) in [5.41, 5.74) is 2.63. The van der Waals surface area contributed by atoms with Crippen LogP contribution in [0, 0.1) is 12.8 Å². The van der Waals surface area contributed by atoms with E-state index >= 15 is 0 Å². The van der Waals surface area contributed by atoms with Crippen LogP contribution < -0.4 is 0 Å². The summed E-state index contributed by atoms with van der Waals surface area (Å²) in [4.78, 5) is 39.1. The first kappa shape index (κ1) is 17.1. The molecule has 0 radical (unpaired) electrons. The first-order valence-corrected chi connectivity index (χ1v) is 8.50. The molecule has 0 N–H and O–H groups in total. The Morgan fingerprint density at radius 1 is 1.04 bits per heavy atom. The average molecular weight is 335 g/mol. The molecule has 1 heterocycles. The van der Waals surface area contributed by atoms with Crippen LogP contribution in [0.5, 0.6) is 0 Å². The van der Waals surface area contributed by atoms with Crippen molar-refractivity contribution in [2.75, 3.05) is 6.54 Å². The van der Waals surface area contributed by atoms with Crippen LogP contribution in [0.3, 0.4) is 0 Å². The maximum Gasteiger partial charge on any atom is 0.233 e. The Balaban J connectivity index is 1.71. The van der Waals surface area contributed by atoms with Gasteiger partial charge in [0, 0.05) is 31.5 Å². The molecule has 1 saturated heterocycles. The van der Waals surface area contributed by atoms with Gasteiger partial charge in [0.15, 0.2) is 5.78 Å². The number of aryl methyl sites for hydroxylation is 1. The molecular weight excluding hydrogens is 314 g/mol. The van der Waals surface area contributed by atoms with Gasteiger partial charge >= 0.3 is 0 Å². The fraction of sp³-hybridized carbons (Fsp3) is 0.286. The van der Waals surface area contributed by atoms with E-state index in [1.54, 1.807) is 17.0 Å². The number of amides is 1. The van der Waals surface area contributed by atoms with E-state index in [2.05, 4.69) is 0 Å². The van der Waals surface area contributed by atoms with Crippen molar-refractivity contribution in [1.29, 1.82) is 0 Å². The molecule has 1 amide bonds.